The molecule has 1 aromatic carbocycles. The van der Waals surface area contributed by atoms with E-state index in [2.05, 4.69) is 18.3 Å². The fraction of sp³-hybridized carbons (Fsp3) is 0.533. The number of hydrogen-bond donors (Lipinski definition) is 1. The van der Waals surface area contributed by atoms with Crippen LogP contribution in [-0.2, 0) is 6.54 Å². The highest BCUT2D eigenvalue weighted by atomic mass is 35.5. The first kappa shape index (κ1) is 13.4. The molecule has 3 heteroatoms. The van der Waals surface area contributed by atoms with Crippen molar-refractivity contribution in [1.82, 2.24) is 5.32 Å². The molecule has 0 saturated heterocycles. The van der Waals surface area contributed by atoms with E-state index in [1.165, 1.54) is 19.3 Å². The van der Waals surface area contributed by atoms with Gasteiger partial charge in [-0.05, 0) is 48.9 Å². The molecule has 0 aromatic heterocycles. The lowest BCUT2D eigenvalue weighted by Crippen LogP contribution is -2.21. The number of nitrogens with zero attached hydrogens (tertiary/aromatic N) is 1. The first-order valence-electron chi connectivity index (χ1n) is 6.58. The average molecular weight is 263 g/mol. The fourth-order valence-electron chi connectivity index (χ4n) is 2.68. The number of nitriles is 1. The van der Waals surface area contributed by atoms with Gasteiger partial charge in [0.2, 0.25) is 0 Å². The van der Waals surface area contributed by atoms with Crippen LogP contribution in [0.15, 0.2) is 18.2 Å². The monoisotopic (exact) mass is 262 g/mol. The Morgan fingerprint density at radius 1 is 1.44 bits per heavy atom. The molecule has 96 valence electrons. The number of benzene rings is 1. The third kappa shape index (κ3) is 3.48. The van der Waals surface area contributed by atoms with E-state index in [1.807, 2.05) is 12.1 Å². The van der Waals surface area contributed by atoms with Crippen LogP contribution in [0.5, 0.6) is 0 Å². The van der Waals surface area contributed by atoms with E-state index < -0.39 is 0 Å². The topological polar surface area (TPSA) is 35.8 Å². The highest BCUT2D eigenvalue weighted by molar-refractivity contribution is 6.31. The predicted molar refractivity (Wildman–Crippen MR) is 74.4 cm³/mol. The SMILES string of the molecule is CC1CCC(CNCc2ccc(C#N)cc2Cl)C1. The van der Waals surface area contributed by atoms with Crippen molar-refractivity contribution in [3.63, 3.8) is 0 Å². The Bertz CT molecular complexity index is 450. The predicted octanol–water partition coefficient (Wildman–Crippen LogP) is 3.74. The zero-order valence-corrected chi connectivity index (χ0v) is 11.5. The van der Waals surface area contributed by atoms with Crippen molar-refractivity contribution in [3.05, 3.63) is 34.3 Å². The molecule has 1 N–H and O–H groups in total. The molecule has 1 aliphatic rings. The van der Waals surface area contributed by atoms with Crippen molar-refractivity contribution < 1.29 is 0 Å². The van der Waals surface area contributed by atoms with Gasteiger partial charge in [-0.25, -0.2) is 0 Å². The molecular weight excluding hydrogens is 244 g/mol. The minimum atomic E-state index is 0.619. The molecule has 0 spiro atoms. The van der Waals surface area contributed by atoms with Gasteiger partial charge in [-0.1, -0.05) is 31.0 Å². The van der Waals surface area contributed by atoms with Gasteiger partial charge in [-0.3, -0.25) is 0 Å². The number of halogens is 1. The molecule has 0 aliphatic heterocycles. The van der Waals surface area contributed by atoms with Crippen molar-refractivity contribution in [2.24, 2.45) is 11.8 Å². The molecule has 1 fully saturated rings. The highest BCUT2D eigenvalue weighted by Crippen LogP contribution is 2.29. The number of nitrogens with one attached hydrogen (secondary N) is 1. The maximum absolute atomic E-state index is 8.77. The molecule has 2 rings (SSSR count). The molecule has 18 heavy (non-hydrogen) atoms. The lowest BCUT2D eigenvalue weighted by molar-refractivity contribution is 0.470. The minimum absolute atomic E-state index is 0.619. The summed E-state index contributed by atoms with van der Waals surface area (Å²) in [5.74, 6) is 1.70. The third-order valence-electron chi connectivity index (χ3n) is 3.73. The van der Waals surface area contributed by atoms with Crippen LogP contribution in [0, 0.1) is 23.2 Å². The van der Waals surface area contributed by atoms with Gasteiger partial charge in [0.05, 0.1) is 11.6 Å². The van der Waals surface area contributed by atoms with E-state index in [4.69, 9.17) is 16.9 Å². The first-order chi connectivity index (χ1) is 8.69. The van der Waals surface area contributed by atoms with Gasteiger partial charge in [-0.15, -0.1) is 0 Å². The van der Waals surface area contributed by atoms with Crippen LogP contribution in [0.25, 0.3) is 0 Å². The van der Waals surface area contributed by atoms with Crippen LogP contribution >= 0.6 is 11.6 Å². The summed E-state index contributed by atoms with van der Waals surface area (Å²) >= 11 is 6.14. The van der Waals surface area contributed by atoms with Gasteiger partial charge in [0, 0.05) is 11.6 Å². The Morgan fingerprint density at radius 2 is 2.28 bits per heavy atom. The van der Waals surface area contributed by atoms with E-state index in [1.54, 1.807) is 6.07 Å². The summed E-state index contributed by atoms with van der Waals surface area (Å²) in [6, 6.07) is 7.58. The highest BCUT2D eigenvalue weighted by Gasteiger charge is 2.20. The van der Waals surface area contributed by atoms with Gasteiger partial charge >= 0.3 is 0 Å². The Balaban J connectivity index is 1.82. The van der Waals surface area contributed by atoms with Crippen LogP contribution in [0.4, 0.5) is 0 Å². The largest absolute Gasteiger partial charge is 0.312 e. The number of hydrogen-bond acceptors (Lipinski definition) is 2. The smallest absolute Gasteiger partial charge is 0.0992 e. The first-order valence-corrected chi connectivity index (χ1v) is 6.96. The number of rotatable bonds is 4. The molecule has 1 saturated carbocycles. The summed E-state index contributed by atoms with van der Waals surface area (Å²) in [6.07, 6.45) is 4.05. The normalized spacial score (nSPS) is 22.9. The zero-order valence-electron chi connectivity index (χ0n) is 10.7. The van der Waals surface area contributed by atoms with Crippen LogP contribution in [0.3, 0.4) is 0 Å². The van der Waals surface area contributed by atoms with E-state index in [-0.39, 0.29) is 0 Å². The minimum Gasteiger partial charge on any atom is -0.312 e. The van der Waals surface area contributed by atoms with E-state index in [9.17, 15) is 0 Å². The van der Waals surface area contributed by atoms with Crippen molar-refractivity contribution >= 4 is 11.6 Å². The maximum atomic E-state index is 8.77. The molecule has 0 heterocycles. The zero-order chi connectivity index (χ0) is 13.0. The van der Waals surface area contributed by atoms with Gasteiger partial charge in [0.15, 0.2) is 0 Å². The Labute approximate surface area is 114 Å². The summed E-state index contributed by atoms with van der Waals surface area (Å²) in [6.45, 7) is 4.19. The quantitative estimate of drug-likeness (QED) is 0.897. The van der Waals surface area contributed by atoms with Crippen molar-refractivity contribution in [1.29, 1.82) is 5.26 Å². The molecular formula is C15H19ClN2. The second-order valence-electron chi connectivity index (χ2n) is 5.33. The fourth-order valence-corrected chi connectivity index (χ4v) is 2.93. The van der Waals surface area contributed by atoms with E-state index >= 15 is 0 Å². The maximum Gasteiger partial charge on any atom is 0.0992 e. The van der Waals surface area contributed by atoms with Crippen LogP contribution in [-0.4, -0.2) is 6.54 Å². The second kappa shape index (κ2) is 6.22. The summed E-state index contributed by atoms with van der Waals surface area (Å²) < 4.78 is 0. The molecule has 1 aromatic rings. The Morgan fingerprint density at radius 3 is 2.89 bits per heavy atom. The Hall–Kier alpha value is -1.04. The molecule has 2 nitrogen and oxygen atoms in total. The van der Waals surface area contributed by atoms with Crippen LogP contribution < -0.4 is 5.32 Å². The Kier molecular flexibility index (Phi) is 4.63. The lowest BCUT2D eigenvalue weighted by atomic mass is 10.1. The molecule has 2 unspecified atom stereocenters. The summed E-state index contributed by atoms with van der Waals surface area (Å²) in [5.41, 5.74) is 1.69. The molecule has 0 bridgehead atoms. The second-order valence-corrected chi connectivity index (χ2v) is 5.74. The summed E-state index contributed by atoms with van der Waals surface area (Å²) in [4.78, 5) is 0. The van der Waals surface area contributed by atoms with Gasteiger partial charge in [0.1, 0.15) is 0 Å². The molecule has 0 radical (unpaired) electrons. The molecule has 2 atom stereocenters. The van der Waals surface area contributed by atoms with Gasteiger partial charge in [-0.2, -0.15) is 5.26 Å². The van der Waals surface area contributed by atoms with Crippen molar-refractivity contribution in [2.45, 2.75) is 32.7 Å². The molecule has 0 amide bonds. The van der Waals surface area contributed by atoms with Gasteiger partial charge < -0.3 is 5.32 Å². The summed E-state index contributed by atoms with van der Waals surface area (Å²) in [5, 5.41) is 12.9. The summed E-state index contributed by atoms with van der Waals surface area (Å²) in [7, 11) is 0. The lowest BCUT2D eigenvalue weighted by Gasteiger charge is -2.12. The standard InChI is InChI=1S/C15H19ClN2/c1-11-2-3-13(6-11)9-18-10-14-5-4-12(8-17)7-15(14)16/h4-5,7,11,13,18H,2-3,6,9-10H2,1H3. The van der Waals surface area contributed by atoms with Crippen molar-refractivity contribution in [3.8, 4) is 6.07 Å². The van der Waals surface area contributed by atoms with Crippen LogP contribution in [0.2, 0.25) is 5.02 Å². The third-order valence-corrected chi connectivity index (χ3v) is 4.09. The van der Waals surface area contributed by atoms with Gasteiger partial charge in [0.25, 0.3) is 0 Å². The van der Waals surface area contributed by atoms with Crippen molar-refractivity contribution in [2.75, 3.05) is 6.54 Å². The van der Waals surface area contributed by atoms with E-state index in [0.717, 1.165) is 30.5 Å². The average Bonchev–Trinajstić information content (AvgIpc) is 2.77. The van der Waals surface area contributed by atoms with Crippen LogP contribution in [0.1, 0.15) is 37.3 Å². The molecule has 1 aliphatic carbocycles. The van der Waals surface area contributed by atoms with E-state index in [0.29, 0.717) is 10.6 Å².